The van der Waals surface area contributed by atoms with Crippen molar-refractivity contribution in [3.05, 3.63) is 29.8 Å². The molecule has 5 heteroatoms. The van der Waals surface area contributed by atoms with Gasteiger partial charge in [0.15, 0.2) is 0 Å². The summed E-state index contributed by atoms with van der Waals surface area (Å²) in [5.41, 5.74) is 1.09. The second kappa shape index (κ2) is 7.95. The molecule has 0 bridgehead atoms. The van der Waals surface area contributed by atoms with Crippen LogP contribution < -0.4 is 10.1 Å². The lowest BCUT2D eigenvalue weighted by molar-refractivity contribution is 0.165. The van der Waals surface area contributed by atoms with E-state index >= 15 is 0 Å². The Kier molecular flexibility index (Phi) is 7.39. The molecule has 0 aliphatic carbocycles. The number of halogens is 1. The lowest BCUT2D eigenvalue weighted by atomic mass is 10.1. The van der Waals surface area contributed by atoms with Gasteiger partial charge in [-0.25, -0.2) is 4.79 Å². The van der Waals surface area contributed by atoms with E-state index in [1.807, 2.05) is 32.2 Å². The maximum absolute atomic E-state index is 11.6. The Morgan fingerprint density at radius 2 is 2.17 bits per heavy atom. The van der Waals surface area contributed by atoms with Crippen LogP contribution in [0.15, 0.2) is 24.3 Å². The minimum absolute atomic E-state index is 0. The summed E-state index contributed by atoms with van der Waals surface area (Å²) in [5, 5.41) is 3.14. The van der Waals surface area contributed by atoms with Gasteiger partial charge >= 0.3 is 6.09 Å². The molecule has 0 aliphatic heterocycles. The van der Waals surface area contributed by atoms with Crippen molar-refractivity contribution in [3.63, 3.8) is 0 Å². The van der Waals surface area contributed by atoms with E-state index < -0.39 is 0 Å². The largest absolute Gasteiger partial charge is 0.414 e. The summed E-state index contributed by atoms with van der Waals surface area (Å²) in [6.07, 6.45) is -0.332. The zero-order valence-electron chi connectivity index (χ0n) is 11.3. The van der Waals surface area contributed by atoms with Crippen LogP contribution in [-0.4, -0.2) is 31.6 Å². The first-order valence-corrected chi connectivity index (χ1v) is 5.78. The lowest BCUT2D eigenvalue weighted by Crippen LogP contribution is -2.29. The van der Waals surface area contributed by atoms with Gasteiger partial charge in [-0.15, -0.1) is 12.4 Å². The molecule has 0 fully saturated rings. The van der Waals surface area contributed by atoms with Gasteiger partial charge in [0, 0.05) is 19.6 Å². The maximum atomic E-state index is 11.6. The maximum Gasteiger partial charge on any atom is 0.414 e. The van der Waals surface area contributed by atoms with Crippen molar-refractivity contribution >= 4 is 18.5 Å². The molecule has 1 amide bonds. The number of benzene rings is 1. The molecule has 18 heavy (non-hydrogen) atoms. The predicted octanol–water partition coefficient (Wildman–Crippen LogP) is 2.84. The van der Waals surface area contributed by atoms with Crippen molar-refractivity contribution in [1.29, 1.82) is 0 Å². The van der Waals surface area contributed by atoms with E-state index in [0.29, 0.717) is 12.3 Å². The number of amides is 1. The first-order chi connectivity index (χ1) is 8.08. The Hall–Kier alpha value is -1.26. The second-order valence-corrected chi connectivity index (χ2v) is 3.96. The summed E-state index contributed by atoms with van der Waals surface area (Å²) >= 11 is 0. The van der Waals surface area contributed by atoms with Crippen LogP contribution in [0, 0.1) is 0 Å². The molecule has 1 N–H and O–H groups in total. The molecule has 0 aromatic heterocycles. The Labute approximate surface area is 115 Å². The van der Waals surface area contributed by atoms with E-state index in [-0.39, 0.29) is 24.5 Å². The average molecular weight is 273 g/mol. The number of nitrogens with zero attached hydrogens (tertiary/aromatic N) is 1. The third-order valence-electron chi connectivity index (χ3n) is 2.78. The SMILES string of the molecule is CCN(C)C(=O)Oc1cccc(C(C)NC)c1.Cl. The van der Waals surface area contributed by atoms with E-state index in [0.717, 1.165) is 5.56 Å². The van der Waals surface area contributed by atoms with Crippen LogP contribution in [0.5, 0.6) is 5.75 Å². The van der Waals surface area contributed by atoms with Gasteiger partial charge in [-0.1, -0.05) is 12.1 Å². The second-order valence-electron chi connectivity index (χ2n) is 3.96. The Morgan fingerprint density at radius 1 is 1.50 bits per heavy atom. The number of hydrogen-bond donors (Lipinski definition) is 1. The van der Waals surface area contributed by atoms with Gasteiger partial charge in [-0.3, -0.25) is 0 Å². The summed E-state index contributed by atoms with van der Waals surface area (Å²) < 4.78 is 5.26. The van der Waals surface area contributed by atoms with E-state index in [4.69, 9.17) is 4.74 Å². The van der Waals surface area contributed by atoms with Crippen LogP contribution in [-0.2, 0) is 0 Å². The van der Waals surface area contributed by atoms with Gasteiger partial charge in [0.2, 0.25) is 0 Å². The minimum atomic E-state index is -0.332. The van der Waals surface area contributed by atoms with Crippen molar-refractivity contribution in [2.45, 2.75) is 19.9 Å². The number of carbonyl (C=O) groups is 1. The standard InChI is InChI=1S/C13H20N2O2.ClH/c1-5-15(4)13(16)17-12-8-6-7-11(9-12)10(2)14-3;/h6-10,14H,5H2,1-4H3;1H. The third-order valence-corrected chi connectivity index (χ3v) is 2.78. The molecule has 1 unspecified atom stereocenters. The predicted molar refractivity (Wildman–Crippen MR) is 75.5 cm³/mol. The summed E-state index contributed by atoms with van der Waals surface area (Å²) in [5.74, 6) is 0.579. The van der Waals surface area contributed by atoms with Crippen molar-refractivity contribution in [3.8, 4) is 5.75 Å². The van der Waals surface area contributed by atoms with Gasteiger partial charge < -0.3 is 15.0 Å². The summed E-state index contributed by atoms with van der Waals surface area (Å²) in [4.78, 5) is 13.1. The van der Waals surface area contributed by atoms with Crippen molar-refractivity contribution in [1.82, 2.24) is 10.2 Å². The fraction of sp³-hybridized carbons (Fsp3) is 0.462. The van der Waals surface area contributed by atoms with Crippen LogP contribution in [0.1, 0.15) is 25.5 Å². The van der Waals surface area contributed by atoms with Crippen molar-refractivity contribution < 1.29 is 9.53 Å². The first kappa shape index (κ1) is 16.7. The van der Waals surface area contributed by atoms with Gasteiger partial charge in [0.05, 0.1) is 0 Å². The number of carbonyl (C=O) groups excluding carboxylic acids is 1. The minimum Gasteiger partial charge on any atom is -0.410 e. The fourth-order valence-corrected chi connectivity index (χ4v) is 1.32. The average Bonchev–Trinajstić information content (AvgIpc) is 2.37. The zero-order valence-corrected chi connectivity index (χ0v) is 12.1. The van der Waals surface area contributed by atoms with Gasteiger partial charge in [-0.05, 0) is 38.6 Å². The van der Waals surface area contributed by atoms with Crippen LogP contribution >= 0.6 is 12.4 Å². The van der Waals surface area contributed by atoms with E-state index in [1.165, 1.54) is 4.90 Å². The molecule has 0 spiro atoms. The van der Waals surface area contributed by atoms with E-state index in [2.05, 4.69) is 12.2 Å². The molecule has 0 saturated heterocycles. The molecule has 1 aromatic rings. The van der Waals surface area contributed by atoms with E-state index in [1.54, 1.807) is 13.1 Å². The molecule has 0 heterocycles. The molecule has 0 radical (unpaired) electrons. The Bertz CT molecular complexity index is 385. The third kappa shape index (κ3) is 4.55. The first-order valence-electron chi connectivity index (χ1n) is 5.78. The number of rotatable bonds is 4. The molecule has 1 aromatic carbocycles. The lowest BCUT2D eigenvalue weighted by Gasteiger charge is -2.15. The molecule has 0 aliphatic rings. The Morgan fingerprint density at radius 3 is 2.72 bits per heavy atom. The van der Waals surface area contributed by atoms with Crippen LogP contribution in [0.3, 0.4) is 0 Å². The highest BCUT2D eigenvalue weighted by atomic mass is 35.5. The summed E-state index contributed by atoms with van der Waals surface area (Å²) in [7, 11) is 3.61. The Balaban J connectivity index is 0.00000289. The number of nitrogens with one attached hydrogen (secondary N) is 1. The molecule has 1 rings (SSSR count). The molecular weight excluding hydrogens is 252 g/mol. The smallest absolute Gasteiger partial charge is 0.410 e. The van der Waals surface area contributed by atoms with Gasteiger partial charge in [0.25, 0.3) is 0 Å². The molecule has 102 valence electrons. The molecule has 4 nitrogen and oxygen atoms in total. The summed E-state index contributed by atoms with van der Waals surface area (Å²) in [6, 6.07) is 7.79. The number of ether oxygens (including phenoxy) is 1. The van der Waals surface area contributed by atoms with Crippen LogP contribution in [0.2, 0.25) is 0 Å². The van der Waals surface area contributed by atoms with Crippen LogP contribution in [0.25, 0.3) is 0 Å². The molecule has 1 atom stereocenters. The molecular formula is C13H21ClN2O2. The monoisotopic (exact) mass is 272 g/mol. The summed E-state index contributed by atoms with van der Waals surface area (Å²) in [6.45, 7) is 4.59. The van der Waals surface area contributed by atoms with Crippen molar-refractivity contribution in [2.75, 3.05) is 20.6 Å². The highest BCUT2D eigenvalue weighted by molar-refractivity contribution is 5.85. The van der Waals surface area contributed by atoms with Crippen LogP contribution in [0.4, 0.5) is 4.79 Å². The zero-order chi connectivity index (χ0) is 12.8. The van der Waals surface area contributed by atoms with Gasteiger partial charge in [-0.2, -0.15) is 0 Å². The highest BCUT2D eigenvalue weighted by Gasteiger charge is 2.10. The van der Waals surface area contributed by atoms with Crippen molar-refractivity contribution in [2.24, 2.45) is 0 Å². The normalized spacial score (nSPS) is 11.3. The number of hydrogen-bond acceptors (Lipinski definition) is 3. The topological polar surface area (TPSA) is 41.6 Å². The highest BCUT2D eigenvalue weighted by Crippen LogP contribution is 2.19. The van der Waals surface area contributed by atoms with Gasteiger partial charge in [0.1, 0.15) is 5.75 Å². The molecule has 0 saturated carbocycles. The quantitative estimate of drug-likeness (QED) is 0.916. The fourth-order valence-electron chi connectivity index (χ4n) is 1.32. The van der Waals surface area contributed by atoms with E-state index in [9.17, 15) is 4.79 Å².